The predicted octanol–water partition coefficient (Wildman–Crippen LogP) is 7.45. The predicted molar refractivity (Wildman–Crippen MR) is 126 cm³/mol. The van der Waals surface area contributed by atoms with Gasteiger partial charge in [-0.2, -0.15) is 5.26 Å². The molecule has 0 saturated heterocycles. The van der Waals surface area contributed by atoms with Crippen LogP contribution < -0.4 is 9.47 Å². The molecule has 0 atom stereocenters. The van der Waals surface area contributed by atoms with Crippen LogP contribution in [-0.2, 0) is 6.61 Å². The highest BCUT2D eigenvalue weighted by atomic mass is 79.9. The van der Waals surface area contributed by atoms with E-state index in [4.69, 9.17) is 21.1 Å². The van der Waals surface area contributed by atoms with E-state index in [2.05, 4.69) is 22.0 Å². The Bertz CT molecular complexity index is 1080. The van der Waals surface area contributed by atoms with Crippen LogP contribution in [0.4, 0.5) is 0 Å². The Hall–Kier alpha value is -2.74. The van der Waals surface area contributed by atoms with E-state index in [1.807, 2.05) is 80.6 Å². The average molecular weight is 483 g/mol. The van der Waals surface area contributed by atoms with Gasteiger partial charge in [0.1, 0.15) is 6.61 Å². The van der Waals surface area contributed by atoms with E-state index in [9.17, 15) is 5.26 Å². The Morgan fingerprint density at radius 2 is 1.70 bits per heavy atom. The zero-order valence-corrected chi connectivity index (χ0v) is 19.1. The summed E-state index contributed by atoms with van der Waals surface area (Å²) in [5.74, 6) is 1.26. The number of hydrogen-bond acceptors (Lipinski definition) is 3. The van der Waals surface area contributed by atoms with Crippen LogP contribution in [0.3, 0.4) is 0 Å². The molecule has 152 valence electrons. The van der Waals surface area contributed by atoms with Crippen molar-refractivity contribution in [3.8, 4) is 17.6 Å². The maximum atomic E-state index is 9.66. The Morgan fingerprint density at radius 3 is 2.33 bits per heavy atom. The second-order valence-electron chi connectivity index (χ2n) is 6.70. The number of allylic oxidation sites excluding steroid dienone is 1. The van der Waals surface area contributed by atoms with Crippen molar-refractivity contribution in [2.45, 2.75) is 20.5 Å². The third-order valence-electron chi connectivity index (χ3n) is 4.45. The quantitative estimate of drug-likeness (QED) is 0.259. The van der Waals surface area contributed by atoms with E-state index in [0.29, 0.717) is 35.3 Å². The Morgan fingerprint density at radius 1 is 1.03 bits per heavy atom. The number of halogens is 2. The van der Waals surface area contributed by atoms with Crippen LogP contribution in [0.15, 0.2) is 65.1 Å². The Balaban J connectivity index is 1.90. The van der Waals surface area contributed by atoms with Crippen molar-refractivity contribution in [3.63, 3.8) is 0 Å². The fourth-order valence-corrected chi connectivity index (χ4v) is 3.42. The summed E-state index contributed by atoms with van der Waals surface area (Å²) in [6, 6.07) is 21.5. The summed E-state index contributed by atoms with van der Waals surface area (Å²) >= 11 is 9.55. The maximum Gasteiger partial charge on any atom is 0.162 e. The van der Waals surface area contributed by atoms with Crippen LogP contribution in [-0.4, -0.2) is 6.61 Å². The molecule has 0 radical (unpaired) electrons. The molecular weight excluding hydrogens is 462 g/mol. The van der Waals surface area contributed by atoms with E-state index in [-0.39, 0.29) is 0 Å². The lowest BCUT2D eigenvalue weighted by Crippen LogP contribution is -2.00. The maximum absolute atomic E-state index is 9.66. The molecule has 0 heterocycles. The van der Waals surface area contributed by atoms with Gasteiger partial charge < -0.3 is 9.47 Å². The number of nitrogens with zero attached hydrogens (tertiary/aromatic N) is 1. The van der Waals surface area contributed by atoms with Crippen molar-refractivity contribution in [1.82, 2.24) is 0 Å². The number of aryl methyl sites for hydroxylation is 1. The first-order valence-corrected chi connectivity index (χ1v) is 10.7. The second-order valence-corrected chi connectivity index (χ2v) is 8.00. The number of rotatable bonds is 7. The molecule has 0 aliphatic heterocycles. The van der Waals surface area contributed by atoms with Crippen LogP contribution in [0, 0.1) is 18.3 Å². The van der Waals surface area contributed by atoms with E-state index in [1.165, 1.54) is 0 Å². The third-order valence-corrected chi connectivity index (χ3v) is 5.39. The molecule has 0 fully saturated rings. The molecule has 0 aliphatic rings. The minimum atomic E-state index is 0.395. The molecule has 3 rings (SSSR count). The van der Waals surface area contributed by atoms with Crippen LogP contribution in [0.25, 0.3) is 11.6 Å². The topological polar surface area (TPSA) is 42.2 Å². The van der Waals surface area contributed by atoms with Crippen molar-refractivity contribution in [2.24, 2.45) is 0 Å². The van der Waals surface area contributed by atoms with E-state index < -0.39 is 0 Å². The standard InChI is InChI=1S/C25H21BrClNO2/c1-3-29-24-13-20(12-21(15-28)19-8-4-17(2)5-9-19)23(26)14-25(24)30-16-18-6-10-22(27)11-7-18/h4-14H,3,16H2,1-2H3/b21-12-. The third kappa shape index (κ3) is 5.66. The minimum absolute atomic E-state index is 0.395. The molecule has 5 heteroatoms. The fourth-order valence-electron chi connectivity index (χ4n) is 2.85. The highest BCUT2D eigenvalue weighted by molar-refractivity contribution is 9.10. The van der Waals surface area contributed by atoms with Gasteiger partial charge in [0.25, 0.3) is 0 Å². The molecule has 30 heavy (non-hydrogen) atoms. The first-order chi connectivity index (χ1) is 14.5. The van der Waals surface area contributed by atoms with E-state index in [1.54, 1.807) is 0 Å². The van der Waals surface area contributed by atoms with Gasteiger partial charge in [-0.15, -0.1) is 0 Å². The molecule has 3 aromatic rings. The normalized spacial score (nSPS) is 11.1. The summed E-state index contributed by atoms with van der Waals surface area (Å²) in [5.41, 5.74) is 4.45. The molecule has 0 N–H and O–H groups in total. The molecule has 0 saturated carbocycles. The fraction of sp³-hybridized carbons (Fsp3) is 0.160. The summed E-state index contributed by atoms with van der Waals surface area (Å²) in [5, 5.41) is 10.3. The summed E-state index contributed by atoms with van der Waals surface area (Å²) in [6.45, 7) is 4.84. The van der Waals surface area contributed by atoms with E-state index >= 15 is 0 Å². The smallest absolute Gasteiger partial charge is 0.162 e. The SMILES string of the molecule is CCOc1cc(/C=C(/C#N)c2ccc(C)cc2)c(Br)cc1OCc1ccc(Cl)cc1. The summed E-state index contributed by atoms with van der Waals surface area (Å²) in [6.07, 6.45) is 1.85. The molecule has 0 bridgehead atoms. The Kier molecular flexibility index (Phi) is 7.57. The van der Waals surface area contributed by atoms with Crippen molar-refractivity contribution in [3.05, 3.63) is 92.4 Å². The van der Waals surface area contributed by atoms with Gasteiger partial charge >= 0.3 is 0 Å². The van der Waals surface area contributed by atoms with Gasteiger partial charge in [-0.05, 0) is 60.9 Å². The number of benzene rings is 3. The lowest BCUT2D eigenvalue weighted by atomic mass is 10.0. The lowest BCUT2D eigenvalue weighted by molar-refractivity contribution is 0.269. The van der Waals surface area contributed by atoms with Crippen molar-refractivity contribution >= 4 is 39.2 Å². The molecule has 3 nitrogen and oxygen atoms in total. The number of hydrogen-bond donors (Lipinski definition) is 0. The molecule has 3 aromatic carbocycles. The summed E-state index contributed by atoms with van der Waals surface area (Å²) in [4.78, 5) is 0. The van der Waals surface area contributed by atoms with Crippen molar-refractivity contribution in [1.29, 1.82) is 5.26 Å². The van der Waals surface area contributed by atoms with Crippen LogP contribution in [0.2, 0.25) is 5.02 Å². The molecule has 0 spiro atoms. The van der Waals surface area contributed by atoms with Gasteiger partial charge in [-0.3, -0.25) is 0 Å². The van der Waals surface area contributed by atoms with Gasteiger partial charge in [0, 0.05) is 9.50 Å². The van der Waals surface area contributed by atoms with Crippen LogP contribution >= 0.6 is 27.5 Å². The van der Waals surface area contributed by atoms with Gasteiger partial charge in [-0.1, -0.05) is 69.5 Å². The van der Waals surface area contributed by atoms with Gasteiger partial charge in [0.05, 0.1) is 18.2 Å². The van der Waals surface area contributed by atoms with Gasteiger partial charge in [0.2, 0.25) is 0 Å². The summed E-state index contributed by atoms with van der Waals surface area (Å²) in [7, 11) is 0. The van der Waals surface area contributed by atoms with Crippen molar-refractivity contribution in [2.75, 3.05) is 6.61 Å². The van der Waals surface area contributed by atoms with Gasteiger partial charge in [-0.25, -0.2) is 0 Å². The molecule has 0 amide bonds. The average Bonchev–Trinajstić information content (AvgIpc) is 2.74. The minimum Gasteiger partial charge on any atom is -0.490 e. The number of nitriles is 1. The zero-order chi connectivity index (χ0) is 21.5. The second kappa shape index (κ2) is 10.3. The van der Waals surface area contributed by atoms with Crippen molar-refractivity contribution < 1.29 is 9.47 Å². The highest BCUT2D eigenvalue weighted by Gasteiger charge is 2.12. The number of ether oxygens (including phenoxy) is 2. The molecule has 0 unspecified atom stereocenters. The largest absolute Gasteiger partial charge is 0.490 e. The van der Waals surface area contributed by atoms with Crippen LogP contribution in [0.1, 0.15) is 29.2 Å². The molecular formula is C25H21BrClNO2. The highest BCUT2D eigenvalue weighted by Crippen LogP contribution is 2.36. The Labute approximate surface area is 190 Å². The first kappa shape index (κ1) is 22.0. The first-order valence-electron chi connectivity index (χ1n) is 9.52. The monoisotopic (exact) mass is 481 g/mol. The molecule has 0 aliphatic carbocycles. The lowest BCUT2D eigenvalue weighted by Gasteiger charge is -2.14. The summed E-state index contributed by atoms with van der Waals surface area (Å²) < 4.78 is 12.6. The zero-order valence-electron chi connectivity index (χ0n) is 16.8. The molecule has 0 aromatic heterocycles. The van der Waals surface area contributed by atoms with Crippen LogP contribution in [0.5, 0.6) is 11.5 Å². The van der Waals surface area contributed by atoms with Gasteiger partial charge in [0.15, 0.2) is 11.5 Å². The van der Waals surface area contributed by atoms with E-state index in [0.717, 1.165) is 26.7 Å².